The Hall–Kier alpha value is -4.25. The van der Waals surface area contributed by atoms with E-state index in [4.69, 9.17) is 5.73 Å². The van der Waals surface area contributed by atoms with Crippen molar-refractivity contribution in [3.05, 3.63) is 52.9 Å². The number of aromatic nitrogens is 4. The molecule has 3 N–H and O–H groups in total. The minimum atomic E-state index is -4.59. The summed E-state index contributed by atoms with van der Waals surface area (Å²) in [4.78, 5) is 40.2. The molecule has 2 unspecified atom stereocenters. The lowest BCUT2D eigenvalue weighted by molar-refractivity contribution is -0.137. The molecule has 194 valence electrons. The number of nitrogens with zero attached hydrogens (tertiary/aromatic N) is 6. The minimum Gasteiger partial charge on any atom is -0.383 e. The molecule has 1 saturated heterocycles. The third kappa shape index (κ3) is 4.60. The molecular weight excluding hydrogens is 569 g/mol. The number of benzene rings is 1. The van der Waals surface area contributed by atoms with Crippen LogP contribution in [0.4, 0.5) is 24.8 Å². The number of hydrogen-bond donors (Lipinski definition) is 2. The highest BCUT2D eigenvalue weighted by Crippen LogP contribution is 2.37. The van der Waals surface area contributed by atoms with E-state index in [-0.39, 0.29) is 47.6 Å². The fourth-order valence-electron chi connectivity index (χ4n) is 4.64. The molecule has 0 aliphatic carbocycles. The zero-order valence-electron chi connectivity index (χ0n) is 19.4. The smallest absolute Gasteiger partial charge is 0.383 e. The molecule has 0 radical (unpaired) electrons. The largest absolute Gasteiger partial charge is 0.416 e. The average molecular weight is 587 g/mol. The Morgan fingerprint density at radius 1 is 1.24 bits per heavy atom. The van der Waals surface area contributed by atoms with E-state index < -0.39 is 35.5 Å². The summed E-state index contributed by atoms with van der Waals surface area (Å²) >= 11 is 3.23. The molecule has 2 atom stereocenters. The molecule has 0 saturated carbocycles. The zero-order chi connectivity index (χ0) is 27.2. The Morgan fingerprint density at radius 3 is 2.74 bits per heavy atom. The van der Waals surface area contributed by atoms with Gasteiger partial charge < -0.3 is 20.5 Å². The summed E-state index contributed by atoms with van der Waals surface area (Å²) in [5.74, 6) is -1.36. The van der Waals surface area contributed by atoms with Crippen molar-refractivity contribution in [3.8, 4) is 6.07 Å². The van der Waals surface area contributed by atoms with Crippen molar-refractivity contribution in [2.75, 3.05) is 17.6 Å². The van der Waals surface area contributed by atoms with Crippen LogP contribution in [0.5, 0.6) is 0 Å². The first-order valence-electron chi connectivity index (χ1n) is 11.3. The van der Waals surface area contributed by atoms with Crippen LogP contribution >= 0.6 is 15.9 Å². The standard InChI is InChI=1S/C24H18BrF3N8O2/c25-17-2-1-3-18(33-17)34-23(38)16-6-12(8-29)9-35(16)19(37)10-36-15-5-4-13(24(26,27)28)7-14(15)20-21(30)31-11-32-22(20)36/h1-5,7,11-12,16H,6,9-10H2,(H2,30,31,32)(H,33,34,38). The number of anilines is 2. The van der Waals surface area contributed by atoms with Crippen molar-refractivity contribution in [2.24, 2.45) is 5.92 Å². The number of nitrogens with one attached hydrogen (secondary N) is 1. The van der Waals surface area contributed by atoms with E-state index in [0.717, 1.165) is 18.5 Å². The number of carbonyl (C=O) groups excluding carboxylic acids is 2. The van der Waals surface area contributed by atoms with Gasteiger partial charge in [0.15, 0.2) is 0 Å². The summed E-state index contributed by atoms with van der Waals surface area (Å²) < 4.78 is 42.2. The van der Waals surface area contributed by atoms with E-state index in [0.29, 0.717) is 10.1 Å². The van der Waals surface area contributed by atoms with E-state index >= 15 is 0 Å². The molecule has 3 aromatic heterocycles. The van der Waals surface area contributed by atoms with Crippen LogP contribution in [0.25, 0.3) is 21.9 Å². The van der Waals surface area contributed by atoms with Crippen molar-refractivity contribution in [3.63, 3.8) is 0 Å². The molecular formula is C24H18BrF3N8O2. The number of halogens is 4. The number of nitrogen functional groups attached to an aromatic ring is 1. The summed E-state index contributed by atoms with van der Waals surface area (Å²) in [6, 6.07) is 9.22. The maximum atomic E-state index is 13.5. The van der Waals surface area contributed by atoms with Crippen molar-refractivity contribution in [1.82, 2.24) is 24.4 Å². The predicted molar refractivity (Wildman–Crippen MR) is 134 cm³/mol. The van der Waals surface area contributed by atoms with Gasteiger partial charge in [-0.3, -0.25) is 9.59 Å². The number of rotatable bonds is 4. The van der Waals surface area contributed by atoms with Crippen LogP contribution in [-0.2, 0) is 22.3 Å². The van der Waals surface area contributed by atoms with Crippen LogP contribution in [0.1, 0.15) is 12.0 Å². The van der Waals surface area contributed by atoms with Gasteiger partial charge in [-0.05, 0) is 52.7 Å². The lowest BCUT2D eigenvalue weighted by atomic mass is 10.1. The van der Waals surface area contributed by atoms with E-state index in [1.54, 1.807) is 18.2 Å². The van der Waals surface area contributed by atoms with Gasteiger partial charge in [0.2, 0.25) is 11.8 Å². The van der Waals surface area contributed by atoms with Gasteiger partial charge in [-0.1, -0.05) is 6.07 Å². The van der Waals surface area contributed by atoms with Gasteiger partial charge in [0, 0.05) is 11.9 Å². The monoisotopic (exact) mass is 586 g/mol. The number of alkyl halides is 3. The number of nitriles is 1. The van der Waals surface area contributed by atoms with Crippen molar-refractivity contribution >= 4 is 61.3 Å². The highest BCUT2D eigenvalue weighted by atomic mass is 79.9. The summed E-state index contributed by atoms with van der Waals surface area (Å²) in [6.07, 6.45) is -3.31. The second-order valence-corrected chi connectivity index (χ2v) is 9.54. The molecule has 5 rings (SSSR count). The normalized spacial score (nSPS) is 17.6. The van der Waals surface area contributed by atoms with Gasteiger partial charge in [-0.15, -0.1) is 0 Å². The Balaban J connectivity index is 1.50. The van der Waals surface area contributed by atoms with Crippen LogP contribution in [-0.4, -0.2) is 48.8 Å². The quantitative estimate of drug-likeness (QED) is 0.347. The first-order chi connectivity index (χ1) is 18.1. The van der Waals surface area contributed by atoms with Crippen LogP contribution in [0.2, 0.25) is 0 Å². The molecule has 4 heterocycles. The number of amides is 2. The van der Waals surface area contributed by atoms with Gasteiger partial charge in [0.05, 0.1) is 28.5 Å². The van der Waals surface area contributed by atoms with Crippen LogP contribution < -0.4 is 11.1 Å². The van der Waals surface area contributed by atoms with Gasteiger partial charge in [0.1, 0.15) is 40.8 Å². The van der Waals surface area contributed by atoms with Crippen LogP contribution in [0.15, 0.2) is 47.3 Å². The molecule has 10 nitrogen and oxygen atoms in total. The second-order valence-electron chi connectivity index (χ2n) is 8.73. The highest BCUT2D eigenvalue weighted by Gasteiger charge is 2.40. The predicted octanol–water partition coefficient (Wildman–Crippen LogP) is 3.72. The number of fused-ring (bicyclic) bond motifs is 3. The van der Waals surface area contributed by atoms with Crippen molar-refractivity contribution in [2.45, 2.75) is 25.2 Å². The summed E-state index contributed by atoms with van der Waals surface area (Å²) in [7, 11) is 0. The number of nitrogens with two attached hydrogens (primary N) is 1. The fraction of sp³-hybridized carbons (Fsp3) is 0.250. The van der Waals surface area contributed by atoms with Gasteiger partial charge >= 0.3 is 6.18 Å². The molecule has 14 heteroatoms. The summed E-state index contributed by atoms with van der Waals surface area (Å²) in [6.45, 7) is -0.329. The first-order valence-corrected chi connectivity index (χ1v) is 12.1. The summed E-state index contributed by atoms with van der Waals surface area (Å²) in [5.41, 5.74) is 5.58. The molecule has 1 fully saturated rings. The maximum absolute atomic E-state index is 13.5. The molecule has 4 aromatic rings. The van der Waals surface area contributed by atoms with Crippen molar-refractivity contribution < 1.29 is 22.8 Å². The van der Waals surface area contributed by atoms with E-state index in [1.165, 1.54) is 15.5 Å². The van der Waals surface area contributed by atoms with E-state index in [1.807, 2.05) is 0 Å². The van der Waals surface area contributed by atoms with Gasteiger partial charge in [-0.25, -0.2) is 15.0 Å². The lowest BCUT2D eigenvalue weighted by Crippen LogP contribution is -2.44. The minimum absolute atomic E-state index is 0.0197. The van der Waals surface area contributed by atoms with E-state index in [2.05, 4.69) is 42.3 Å². The Morgan fingerprint density at radius 2 is 2.03 bits per heavy atom. The molecule has 1 aromatic carbocycles. The Bertz CT molecular complexity index is 1630. The fourth-order valence-corrected chi connectivity index (χ4v) is 4.99. The first kappa shape index (κ1) is 25.4. The molecule has 2 amide bonds. The molecule has 1 aliphatic heterocycles. The molecule has 38 heavy (non-hydrogen) atoms. The Labute approximate surface area is 221 Å². The molecule has 1 aliphatic rings. The number of hydrogen-bond acceptors (Lipinski definition) is 7. The third-order valence-corrected chi connectivity index (χ3v) is 6.80. The lowest BCUT2D eigenvalue weighted by Gasteiger charge is -2.24. The molecule has 0 bridgehead atoms. The third-order valence-electron chi connectivity index (χ3n) is 6.36. The maximum Gasteiger partial charge on any atom is 0.416 e. The summed E-state index contributed by atoms with van der Waals surface area (Å²) in [5, 5.41) is 12.5. The zero-order valence-corrected chi connectivity index (χ0v) is 21.0. The number of likely N-dealkylation sites (tertiary alicyclic amines) is 1. The van der Waals surface area contributed by atoms with Crippen LogP contribution in [0.3, 0.4) is 0 Å². The highest BCUT2D eigenvalue weighted by molar-refractivity contribution is 9.10. The topological polar surface area (TPSA) is 143 Å². The van der Waals surface area contributed by atoms with Crippen molar-refractivity contribution in [1.29, 1.82) is 5.26 Å². The SMILES string of the molecule is N#CC1CC(C(=O)Nc2cccc(Br)n2)N(C(=O)Cn2c3ccc(C(F)(F)F)cc3c3c(N)ncnc32)C1. The Kier molecular flexibility index (Phi) is 6.39. The second kappa shape index (κ2) is 9.56. The van der Waals surface area contributed by atoms with Gasteiger partial charge in [-0.2, -0.15) is 18.4 Å². The van der Waals surface area contributed by atoms with Crippen LogP contribution in [0, 0.1) is 17.2 Å². The number of carbonyl (C=O) groups is 2. The number of pyridine rings is 1. The van der Waals surface area contributed by atoms with Gasteiger partial charge in [0.25, 0.3) is 0 Å². The molecule has 0 spiro atoms. The van der Waals surface area contributed by atoms with E-state index in [9.17, 15) is 28.0 Å². The average Bonchev–Trinajstić information content (AvgIpc) is 3.44.